The van der Waals surface area contributed by atoms with Gasteiger partial charge < -0.3 is 15.0 Å². The molecule has 7 heteroatoms. The van der Waals surface area contributed by atoms with Crippen LogP contribution < -0.4 is 10.1 Å². The molecule has 6 nitrogen and oxygen atoms in total. The number of nitrogens with zero attached hydrogens (tertiary/aromatic N) is 2. The van der Waals surface area contributed by atoms with E-state index in [-0.39, 0.29) is 17.6 Å². The zero-order valence-corrected chi connectivity index (χ0v) is 14.4. The number of nitrogens with one attached hydrogen (secondary N) is 1. The lowest BCUT2D eigenvalue weighted by Gasteiger charge is -2.22. The second-order valence-electron chi connectivity index (χ2n) is 6.15. The highest BCUT2D eigenvalue weighted by Crippen LogP contribution is 2.21. The Hall–Kier alpha value is -2.96. The monoisotopic (exact) mass is 357 g/mol. The van der Waals surface area contributed by atoms with E-state index in [2.05, 4.69) is 10.3 Å². The summed E-state index contributed by atoms with van der Waals surface area (Å²) >= 11 is 0. The van der Waals surface area contributed by atoms with Gasteiger partial charge in [-0.15, -0.1) is 0 Å². The van der Waals surface area contributed by atoms with Gasteiger partial charge in [0.25, 0.3) is 0 Å². The van der Waals surface area contributed by atoms with E-state index in [1.54, 1.807) is 23.2 Å². The van der Waals surface area contributed by atoms with Gasteiger partial charge >= 0.3 is 0 Å². The van der Waals surface area contributed by atoms with Gasteiger partial charge in [-0.05, 0) is 48.7 Å². The number of hydrogen-bond acceptors (Lipinski definition) is 4. The van der Waals surface area contributed by atoms with Crippen LogP contribution in [0.15, 0.2) is 42.6 Å². The third kappa shape index (κ3) is 4.36. The summed E-state index contributed by atoms with van der Waals surface area (Å²) in [7, 11) is 0. The van der Waals surface area contributed by atoms with Gasteiger partial charge in [0.2, 0.25) is 17.7 Å². The van der Waals surface area contributed by atoms with Crippen LogP contribution in [0, 0.1) is 5.82 Å². The molecule has 2 heterocycles. The normalized spacial score (nSPS) is 16.4. The zero-order valence-electron chi connectivity index (χ0n) is 14.4. The molecule has 1 atom stereocenters. The van der Waals surface area contributed by atoms with Crippen LogP contribution in [0.2, 0.25) is 0 Å². The second-order valence-corrected chi connectivity index (χ2v) is 6.15. The first-order valence-corrected chi connectivity index (χ1v) is 8.46. The van der Waals surface area contributed by atoms with E-state index in [1.807, 2.05) is 0 Å². The third-order valence-corrected chi connectivity index (χ3v) is 4.26. The summed E-state index contributed by atoms with van der Waals surface area (Å²) in [5.41, 5.74) is 0.817. The summed E-state index contributed by atoms with van der Waals surface area (Å²) in [5, 5.41) is 2.86. The molecule has 0 radical (unpaired) electrons. The third-order valence-electron chi connectivity index (χ3n) is 4.26. The molecule has 0 unspecified atom stereocenters. The fourth-order valence-corrected chi connectivity index (χ4v) is 2.96. The van der Waals surface area contributed by atoms with Gasteiger partial charge in [0.1, 0.15) is 17.6 Å². The summed E-state index contributed by atoms with van der Waals surface area (Å²) in [5.74, 6) is 0.253. The van der Waals surface area contributed by atoms with Crippen LogP contribution in [0.1, 0.15) is 25.3 Å². The molecule has 2 amide bonds. The van der Waals surface area contributed by atoms with Crippen molar-refractivity contribution in [1.82, 2.24) is 15.2 Å². The van der Waals surface area contributed by atoms with Crippen molar-refractivity contribution in [2.75, 3.05) is 6.54 Å². The van der Waals surface area contributed by atoms with Crippen molar-refractivity contribution in [1.29, 1.82) is 0 Å². The van der Waals surface area contributed by atoms with Gasteiger partial charge in [0.05, 0.1) is 0 Å². The van der Waals surface area contributed by atoms with Crippen LogP contribution in [0.5, 0.6) is 11.6 Å². The van der Waals surface area contributed by atoms with Crippen LogP contribution >= 0.6 is 0 Å². The number of benzene rings is 1. The van der Waals surface area contributed by atoms with Crippen molar-refractivity contribution in [2.24, 2.45) is 0 Å². The molecule has 1 fully saturated rings. The van der Waals surface area contributed by atoms with E-state index >= 15 is 0 Å². The average Bonchev–Trinajstić information content (AvgIpc) is 3.12. The average molecular weight is 357 g/mol. The van der Waals surface area contributed by atoms with E-state index in [9.17, 15) is 14.0 Å². The topological polar surface area (TPSA) is 71.5 Å². The Labute approximate surface area is 151 Å². The molecule has 136 valence electrons. The zero-order chi connectivity index (χ0) is 18.5. The molecular weight excluding hydrogens is 337 g/mol. The number of pyridine rings is 1. The maximum absolute atomic E-state index is 12.9. The van der Waals surface area contributed by atoms with E-state index < -0.39 is 6.04 Å². The number of likely N-dealkylation sites (tertiary alicyclic amines) is 1. The number of amides is 2. The van der Waals surface area contributed by atoms with E-state index in [1.165, 1.54) is 31.2 Å². The Morgan fingerprint density at radius 1 is 1.31 bits per heavy atom. The van der Waals surface area contributed by atoms with Crippen molar-refractivity contribution < 1.29 is 18.7 Å². The Kier molecular flexibility index (Phi) is 5.46. The Balaban J connectivity index is 1.59. The molecule has 3 rings (SSSR count). The molecular formula is C19H20FN3O3. The Morgan fingerprint density at radius 3 is 2.81 bits per heavy atom. The highest BCUT2D eigenvalue weighted by molar-refractivity contribution is 5.87. The minimum absolute atomic E-state index is 0.0819. The first-order valence-electron chi connectivity index (χ1n) is 8.46. The van der Waals surface area contributed by atoms with Gasteiger partial charge in [0, 0.05) is 32.3 Å². The van der Waals surface area contributed by atoms with E-state index in [0.717, 1.165) is 12.0 Å². The standard InChI is InChI=1S/C19H20FN3O3/c1-13(24)23-10-2-3-17(23)19(25)22-12-14-8-9-21-18(11-14)26-16-6-4-15(20)5-7-16/h4-9,11,17H,2-3,10,12H2,1H3,(H,22,25)/t17-/m1/s1. The largest absolute Gasteiger partial charge is 0.439 e. The van der Waals surface area contributed by atoms with Crippen molar-refractivity contribution in [2.45, 2.75) is 32.4 Å². The number of carbonyl (C=O) groups excluding carboxylic acids is 2. The maximum Gasteiger partial charge on any atom is 0.243 e. The molecule has 0 aliphatic carbocycles. The fraction of sp³-hybridized carbons (Fsp3) is 0.316. The number of aromatic nitrogens is 1. The first kappa shape index (κ1) is 17.8. The molecule has 1 N–H and O–H groups in total. The van der Waals surface area contributed by atoms with Crippen molar-refractivity contribution in [3.63, 3.8) is 0 Å². The first-order chi connectivity index (χ1) is 12.5. The van der Waals surface area contributed by atoms with Gasteiger partial charge in [-0.2, -0.15) is 0 Å². The van der Waals surface area contributed by atoms with E-state index in [0.29, 0.717) is 31.1 Å². The van der Waals surface area contributed by atoms with Crippen molar-refractivity contribution in [3.05, 3.63) is 54.0 Å². The van der Waals surface area contributed by atoms with Crippen LogP contribution in [0.4, 0.5) is 4.39 Å². The molecule has 0 saturated carbocycles. The maximum atomic E-state index is 12.9. The van der Waals surface area contributed by atoms with Gasteiger partial charge in [0.15, 0.2) is 0 Å². The number of rotatable bonds is 5. The van der Waals surface area contributed by atoms with Crippen LogP contribution in [-0.2, 0) is 16.1 Å². The molecule has 1 saturated heterocycles. The predicted octanol–water partition coefficient (Wildman–Crippen LogP) is 2.64. The molecule has 2 aromatic rings. The quantitative estimate of drug-likeness (QED) is 0.893. The van der Waals surface area contributed by atoms with Crippen molar-refractivity contribution >= 4 is 11.8 Å². The van der Waals surface area contributed by atoms with Gasteiger partial charge in [-0.1, -0.05) is 0 Å². The number of ether oxygens (including phenoxy) is 1. The minimum Gasteiger partial charge on any atom is -0.439 e. The molecule has 26 heavy (non-hydrogen) atoms. The molecule has 1 aromatic carbocycles. The predicted molar refractivity (Wildman–Crippen MR) is 93.0 cm³/mol. The minimum atomic E-state index is -0.399. The summed E-state index contributed by atoms with van der Waals surface area (Å²) in [6, 6.07) is 8.73. The Morgan fingerprint density at radius 2 is 2.08 bits per heavy atom. The fourth-order valence-electron chi connectivity index (χ4n) is 2.96. The van der Waals surface area contributed by atoms with E-state index in [4.69, 9.17) is 4.74 Å². The highest BCUT2D eigenvalue weighted by Gasteiger charge is 2.31. The molecule has 1 aliphatic heterocycles. The smallest absolute Gasteiger partial charge is 0.243 e. The lowest BCUT2D eigenvalue weighted by atomic mass is 10.2. The number of halogens is 1. The van der Waals surface area contributed by atoms with Crippen molar-refractivity contribution in [3.8, 4) is 11.6 Å². The lowest BCUT2D eigenvalue weighted by Crippen LogP contribution is -2.44. The molecule has 0 spiro atoms. The Bertz CT molecular complexity index is 795. The number of carbonyl (C=O) groups is 2. The second kappa shape index (κ2) is 7.95. The summed E-state index contributed by atoms with van der Waals surface area (Å²) in [4.78, 5) is 29.6. The highest BCUT2D eigenvalue weighted by atomic mass is 19.1. The van der Waals surface area contributed by atoms with Gasteiger partial charge in [-0.25, -0.2) is 9.37 Å². The number of hydrogen-bond donors (Lipinski definition) is 1. The van der Waals surface area contributed by atoms with Gasteiger partial charge in [-0.3, -0.25) is 9.59 Å². The summed E-state index contributed by atoms with van der Waals surface area (Å²) in [6.45, 7) is 2.41. The van der Waals surface area contributed by atoms with Crippen LogP contribution in [-0.4, -0.2) is 34.3 Å². The van der Waals surface area contributed by atoms with Crippen LogP contribution in [0.3, 0.4) is 0 Å². The molecule has 1 aromatic heterocycles. The summed E-state index contributed by atoms with van der Waals surface area (Å²) < 4.78 is 18.5. The SMILES string of the molecule is CC(=O)N1CCC[C@@H]1C(=O)NCc1ccnc(Oc2ccc(F)cc2)c1. The summed E-state index contributed by atoms with van der Waals surface area (Å²) in [6.07, 6.45) is 3.10. The molecule has 1 aliphatic rings. The lowest BCUT2D eigenvalue weighted by molar-refractivity contribution is -0.136. The molecule has 0 bridgehead atoms. The van der Waals surface area contributed by atoms with Crippen LogP contribution in [0.25, 0.3) is 0 Å².